The van der Waals surface area contributed by atoms with Crippen LogP contribution in [0.15, 0.2) is 59.6 Å². The number of fused-ring (bicyclic) bond motifs is 4. The van der Waals surface area contributed by atoms with Crippen LogP contribution in [0.3, 0.4) is 0 Å². The third-order valence-corrected chi connectivity index (χ3v) is 7.69. The predicted molar refractivity (Wildman–Crippen MR) is 130 cm³/mol. The number of para-hydroxylation sites is 2. The van der Waals surface area contributed by atoms with Crippen molar-refractivity contribution in [1.29, 1.82) is 5.26 Å². The molecule has 0 saturated carbocycles. The maximum Gasteiger partial charge on any atom is 0.245 e. The van der Waals surface area contributed by atoms with Gasteiger partial charge in [0.1, 0.15) is 11.1 Å². The number of carbonyl (C=O) groups is 1. The maximum atomic E-state index is 13.8. The Morgan fingerprint density at radius 2 is 1.72 bits per heavy atom. The third-order valence-electron chi connectivity index (χ3n) is 6.34. The highest BCUT2D eigenvalue weighted by Gasteiger charge is 2.26. The van der Waals surface area contributed by atoms with E-state index in [1.807, 2.05) is 54.0 Å². The van der Waals surface area contributed by atoms with Gasteiger partial charge in [-0.3, -0.25) is 9.36 Å². The van der Waals surface area contributed by atoms with E-state index >= 15 is 0 Å². The van der Waals surface area contributed by atoms with Gasteiger partial charge in [-0.05, 0) is 55.9 Å². The molecular formula is C27H25N3OS. The molecular weight excluding hydrogens is 414 g/mol. The van der Waals surface area contributed by atoms with Crippen LogP contribution >= 0.6 is 11.8 Å². The van der Waals surface area contributed by atoms with Gasteiger partial charge in [0, 0.05) is 16.5 Å². The van der Waals surface area contributed by atoms with Crippen molar-refractivity contribution >= 4 is 39.5 Å². The van der Waals surface area contributed by atoms with E-state index in [1.54, 1.807) is 0 Å². The first kappa shape index (κ1) is 20.8. The van der Waals surface area contributed by atoms with Crippen molar-refractivity contribution in [2.75, 3.05) is 0 Å². The number of carbonyl (C=O) groups excluding carboxylic acids is 1. The fourth-order valence-electron chi connectivity index (χ4n) is 4.71. The second-order valence-electron chi connectivity index (χ2n) is 8.34. The number of pyridine rings is 1. The summed E-state index contributed by atoms with van der Waals surface area (Å²) in [5, 5.41) is 12.3. The number of thioether (sulfide) groups is 1. The number of aromatic nitrogens is 2. The van der Waals surface area contributed by atoms with Gasteiger partial charge in [0.15, 0.2) is 0 Å². The van der Waals surface area contributed by atoms with E-state index in [0.29, 0.717) is 17.0 Å². The summed E-state index contributed by atoms with van der Waals surface area (Å²) in [4.78, 5) is 18.7. The van der Waals surface area contributed by atoms with E-state index in [2.05, 4.69) is 18.2 Å². The molecule has 0 radical (unpaired) electrons. The van der Waals surface area contributed by atoms with E-state index < -0.39 is 0 Å². The van der Waals surface area contributed by atoms with Gasteiger partial charge < -0.3 is 0 Å². The summed E-state index contributed by atoms with van der Waals surface area (Å²) in [6.07, 6.45) is 6.08. The molecule has 0 fully saturated rings. The molecule has 0 amide bonds. The van der Waals surface area contributed by atoms with Gasteiger partial charge in [0.25, 0.3) is 0 Å². The summed E-state index contributed by atoms with van der Waals surface area (Å²) in [5.74, 6) is 0.0375. The SMILES string of the molecule is CCC(Sc1nc2c(cc1C#N)CCCCC2)C(=O)n1c2ccccc2c2ccccc21. The fraction of sp³-hybridized carbons (Fsp3) is 0.296. The quantitative estimate of drug-likeness (QED) is 0.267. The van der Waals surface area contributed by atoms with Crippen molar-refractivity contribution in [3.05, 3.63) is 71.4 Å². The second-order valence-corrected chi connectivity index (χ2v) is 9.53. The summed E-state index contributed by atoms with van der Waals surface area (Å²) < 4.78 is 1.85. The van der Waals surface area contributed by atoms with E-state index in [1.165, 1.54) is 23.7 Å². The van der Waals surface area contributed by atoms with Crippen molar-refractivity contribution in [2.45, 2.75) is 55.7 Å². The summed E-state index contributed by atoms with van der Waals surface area (Å²) in [7, 11) is 0. The molecule has 0 saturated heterocycles. The average molecular weight is 440 g/mol. The molecule has 4 nitrogen and oxygen atoms in total. The van der Waals surface area contributed by atoms with Gasteiger partial charge in [-0.25, -0.2) is 4.98 Å². The van der Waals surface area contributed by atoms with Crippen molar-refractivity contribution < 1.29 is 4.79 Å². The van der Waals surface area contributed by atoms with Crippen molar-refractivity contribution in [1.82, 2.24) is 9.55 Å². The van der Waals surface area contributed by atoms with E-state index in [0.717, 1.165) is 53.2 Å². The summed E-state index contributed by atoms with van der Waals surface area (Å²) in [5.41, 5.74) is 4.73. The van der Waals surface area contributed by atoms with Gasteiger partial charge in [0.2, 0.25) is 5.91 Å². The minimum atomic E-state index is -0.322. The molecule has 5 rings (SSSR count). The smallest absolute Gasteiger partial charge is 0.245 e. The average Bonchev–Trinajstić information content (AvgIpc) is 2.99. The van der Waals surface area contributed by atoms with Crippen LogP contribution in [-0.4, -0.2) is 20.7 Å². The monoisotopic (exact) mass is 439 g/mol. The van der Waals surface area contributed by atoms with Crippen LogP contribution in [0.5, 0.6) is 0 Å². The minimum absolute atomic E-state index is 0.0375. The third kappa shape index (κ3) is 3.59. The Hall–Kier alpha value is -3.10. The van der Waals surface area contributed by atoms with E-state index in [-0.39, 0.29) is 11.2 Å². The van der Waals surface area contributed by atoms with Crippen LogP contribution in [0.25, 0.3) is 21.8 Å². The molecule has 0 bridgehead atoms. The molecule has 0 N–H and O–H groups in total. The van der Waals surface area contributed by atoms with E-state index in [9.17, 15) is 10.1 Å². The molecule has 4 aromatic rings. The zero-order chi connectivity index (χ0) is 22.1. The highest BCUT2D eigenvalue weighted by atomic mass is 32.2. The Balaban J connectivity index is 1.56. The summed E-state index contributed by atoms with van der Waals surface area (Å²) >= 11 is 1.44. The Kier molecular flexibility index (Phi) is 5.71. The molecule has 1 unspecified atom stereocenters. The molecule has 2 heterocycles. The van der Waals surface area contributed by atoms with Crippen molar-refractivity contribution in [3.63, 3.8) is 0 Å². The molecule has 1 aliphatic rings. The minimum Gasteiger partial charge on any atom is -0.279 e. The molecule has 5 heteroatoms. The van der Waals surface area contributed by atoms with Crippen LogP contribution < -0.4 is 0 Å². The Labute approximate surface area is 192 Å². The zero-order valence-electron chi connectivity index (χ0n) is 18.2. The van der Waals surface area contributed by atoms with Gasteiger partial charge in [-0.15, -0.1) is 0 Å². The van der Waals surface area contributed by atoms with Crippen molar-refractivity contribution in [3.8, 4) is 6.07 Å². The van der Waals surface area contributed by atoms with Crippen LogP contribution in [-0.2, 0) is 12.8 Å². The first-order chi connectivity index (χ1) is 15.7. The molecule has 160 valence electrons. The number of nitrogens with zero attached hydrogens (tertiary/aromatic N) is 3. The normalized spacial score (nSPS) is 14.6. The molecule has 1 atom stereocenters. The van der Waals surface area contributed by atoms with Crippen molar-refractivity contribution in [2.24, 2.45) is 0 Å². The summed E-state index contributed by atoms with van der Waals surface area (Å²) in [6, 6.07) is 20.4. The van der Waals surface area contributed by atoms with Gasteiger partial charge in [-0.2, -0.15) is 5.26 Å². The Morgan fingerprint density at radius 1 is 1.06 bits per heavy atom. The molecule has 2 aromatic carbocycles. The first-order valence-corrected chi connectivity index (χ1v) is 12.2. The number of hydrogen-bond acceptors (Lipinski definition) is 4. The lowest BCUT2D eigenvalue weighted by atomic mass is 10.1. The van der Waals surface area contributed by atoms with Crippen LogP contribution in [0.4, 0.5) is 0 Å². The number of rotatable bonds is 4. The summed E-state index contributed by atoms with van der Waals surface area (Å²) in [6.45, 7) is 2.03. The number of aryl methyl sites for hydroxylation is 2. The standard InChI is InChI=1S/C27H25N3OS/c1-2-25(32-26-19(17-28)16-18-10-4-3-5-13-22(18)29-26)27(31)30-23-14-8-6-11-20(23)21-12-7-9-15-24(21)30/h6-9,11-12,14-16,25H,2-5,10,13H2,1H3. The highest BCUT2D eigenvalue weighted by molar-refractivity contribution is 8.00. The molecule has 1 aliphatic carbocycles. The van der Waals surface area contributed by atoms with Gasteiger partial charge >= 0.3 is 0 Å². The lowest BCUT2D eigenvalue weighted by Crippen LogP contribution is -2.23. The topological polar surface area (TPSA) is 58.7 Å². The van der Waals surface area contributed by atoms with Gasteiger partial charge in [-0.1, -0.05) is 61.5 Å². The first-order valence-electron chi connectivity index (χ1n) is 11.3. The Bertz CT molecular complexity index is 1310. The number of hydrogen-bond donors (Lipinski definition) is 0. The lowest BCUT2D eigenvalue weighted by Gasteiger charge is -2.17. The van der Waals surface area contributed by atoms with Crippen LogP contribution in [0.2, 0.25) is 0 Å². The van der Waals surface area contributed by atoms with Crippen LogP contribution in [0.1, 0.15) is 54.2 Å². The largest absolute Gasteiger partial charge is 0.279 e. The number of benzene rings is 2. The molecule has 0 spiro atoms. The zero-order valence-corrected chi connectivity index (χ0v) is 19.0. The van der Waals surface area contributed by atoms with E-state index in [4.69, 9.17) is 4.98 Å². The number of nitriles is 1. The van der Waals surface area contributed by atoms with Gasteiger partial charge in [0.05, 0.1) is 21.8 Å². The molecule has 32 heavy (non-hydrogen) atoms. The molecule has 0 aliphatic heterocycles. The molecule has 2 aromatic heterocycles. The lowest BCUT2D eigenvalue weighted by molar-refractivity contribution is 0.0919. The van der Waals surface area contributed by atoms with Crippen LogP contribution in [0, 0.1) is 11.3 Å². The maximum absolute atomic E-state index is 13.8. The highest BCUT2D eigenvalue weighted by Crippen LogP contribution is 2.34. The fourth-order valence-corrected chi connectivity index (χ4v) is 5.75. The second kappa shape index (κ2) is 8.80. The Morgan fingerprint density at radius 3 is 2.38 bits per heavy atom. The predicted octanol–water partition coefficient (Wildman–Crippen LogP) is 6.54.